The predicted octanol–water partition coefficient (Wildman–Crippen LogP) is 3.66. The van der Waals surface area contributed by atoms with Gasteiger partial charge in [0.15, 0.2) is 0 Å². The van der Waals surface area contributed by atoms with E-state index in [1.165, 1.54) is 4.88 Å². The number of benzene rings is 1. The molecule has 0 amide bonds. The summed E-state index contributed by atoms with van der Waals surface area (Å²) in [5.41, 5.74) is 6.45. The van der Waals surface area contributed by atoms with E-state index in [1.807, 2.05) is 42.7 Å². The third-order valence-corrected chi connectivity index (χ3v) is 3.99. The monoisotopic (exact) mass is 299 g/mol. The number of nitrogens with zero attached hydrogens (tertiary/aromatic N) is 2. The van der Waals surface area contributed by atoms with Gasteiger partial charge < -0.3 is 15.0 Å². The SMILES string of the molecule is Nc1cccc(OCCCn2ccnc2-c2cccs2)c1. The van der Waals surface area contributed by atoms with E-state index in [0.29, 0.717) is 6.61 Å². The Bertz CT molecular complexity index is 691. The number of thiophene rings is 1. The molecule has 0 atom stereocenters. The fourth-order valence-corrected chi connectivity index (χ4v) is 2.89. The first-order valence-corrected chi connectivity index (χ1v) is 7.74. The molecule has 3 rings (SSSR count). The fraction of sp³-hybridized carbons (Fsp3) is 0.188. The first-order valence-electron chi connectivity index (χ1n) is 6.86. The van der Waals surface area contributed by atoms with E-state index in [9.17, 15) is 0 Å². The van der Waals surface area contributed by atoms with Crippen molar-refractivity contribution in [2.75, 3.05) is 12.3 Å². The van der Waals surface area contributed by atoms with Crippen LogP contribution >= 0.6 is 11.3 Å². The Morgan fingerprint density at radius 2 is 2.19 bits per heavy atom. The second-order valence-corrected chi connectivity index (χ2v) is 5.64. The van der Waals surface area contributed by atoms with Crippen LogP contribution in [0.1, 0.15) is 6.42 Å². The maximum Gasteiger partial charge on any atom is 0.149 e. The van der Waals surface area contributed by atoms with Gasteiger partial charge in [0.1, 0.15) is 11.6 Å². The van der Waals surface area contributed by atoms with Crippen LogP contribution in [0.15, 0.2) is 54.2 Å². The maximum absolute atomic E-state index is 5.72. The number of anilines is 1. The van der Waals surface area contributed by atoms with E-state index in [2.05, 4.69) is 21.0 Å². The summed E-state index contributed by atoms with van der Waals surface area (Å²) in [6.07, 6.45) is 4.77. The van der Waals surface area contributed by atoms with Crippen LogP contribution < -0.4 is 10.5 Å². The van der Waals surface area contributed by atoms with E-state index in [4.69, 9.17) is 10.5 Å². The van der Waals surface area contributed by atoms with Gasteiger partial charge in [-0.3, -0.25) is 0 Å². The van der Waals surface area contributed by atoms with Crippen LogP contribution in [0.4, 0.5) is 5.69 Å². The standard InChI is InChI=1S/C16H17N3OS/c17-13-4-1-5-14(12-13)20-10-3-8-19-9-7-18-16(19)15-6-2-11-21-15/h1-2,4-7,9,11-12H,3,8,10,17H2. The molecule has 0 spiro atoms. The number of aryl methyl sites for hydroxylation is 1. The minimum absolute atomic E-state index is 0.658. The van der Waals surface area contributed by atoms with E-state index in [0.717, 1.165) is 30.2 Å². The Morgan fingerprint density at radius 3 is 3.00 bits per heavy atom. The topological polar surface area (TPSA) is 53.1 Å². The van der Waals surface area contributed by atoms with Crippen LogP contribution in [0.5, 0.6) is 5.75 Å². The number of ether oxygens (including phenoxy) is 1. The largest absolute Gasteiger partial charge is 0.493 e. The molecule has 0 saturated carbocycles. The Labute approximate surface area is 127 Å². The first-order chi connectivity index (χ1) is 10.3. The molecule has 0 aliphatic carbocycles. The predicted molar refractivity (Wildman–Crippen MR) is 86.5 cm³/mol. The van der Waals surface area contributed by atoms with Crippen molar-refractivity contribution < 1.29 is 4.74 Å². The molecule has 2 aromatic heterocycles. The molecule has 0 aliphatic rings. The molecule has 0 unspecified atom stereocenters. The third-order valence-electron chi connectivity index (χ3n) is 3.13. The summed E-state index contributed by atoms with van der Waals surface area (Å²) in [6, 6.07) is 11.6. The lowest BCUT2D eigenvalue weighted by Crippen LogP contribution is -2.05. The van der Waals surface area contributed by atoms with Crippen LogP contribution in [0.3, 0.4) is 0 Å². The average Bonchev–Trinajstić information content (AvgIpc) is 3.14. The van der Waals surface area contributed by atoms with E-state index in [1.54, 1.807) is 11.3 Å². The van der Waals surface area contributed by atoms with Crippen molar-refractivity contribution in [1.82, 2.24) is 9.55 Å². The summed E-state index contributed by atoms with van der Waals surface area (Å²) in [4.78, 5) is 5.61. The van der Waals surface area contributed by atoms with Gasteiger partial charge in [0.2, 0.25) is 0 Å². The molecule has 5 heteroatoms. The van der Waals surface area contributed by atoms with Crippen LogP contribution in [0, 0.1) is 0 Å². The smallest absolute Gasteiger partial charge is 0.149 e. The van der Waals surface area contributed by atoms with Crippen molar-refractivity contribution >= 4 is 17.0 Å². The molecule has 0 bridgehead atoms. The van der Waals surface area contributed by atoms with Gasteiger partial charge in [0.25, 0.3) is 0 Å². The van der Waals surface area contributed by atoms with Gasteiger partial charge in [-0.25, -0.2) is 4.98 Å². The number of nitrogen functional groups attached to an aromatic ring is 1. The molecule has 2 heterocycles. The first kappa shape index (κ1) is 13.7. The second-order valence-electron chi connectivity index (χ2n) is 4.70. The lowest BCUT2D eigenvalue weighted by atomic mass is 10.3. The van der Waals surface area contributed by atoms with Gasteiger partial charge in [-0.2, -0.15) is 0 Å². The second kappa shape index (κ2) is 6.45. The third kappa shape index (κ3) is 3.44. The van der Waals surface area contributed by atoms with E-state index >= 15 is 0 Å². The summed E-state index contributed by atoms with van der Waals surface area (Å²) in [7, 11) is 0. The van der Waals surface area contributed by atoms with Crippen LogP contribution in [-0.2, 0) is 6.54 Å². The molecule has 2 N–H and O–H groups in total. The highest BCUT2D eigenvalue weighted by atomic mass is 32.1. The zero-order valence-electron chi connectivity index (χ0n) is 11.6. The highest BCUT2D eigenvalue weighted by Crippen LogP contribution is 2.23. The molecule has 1 aromatic carbocycles. The van der Waals surface area contributed by atoms with Crippen molar-refractivity contribution in [3.05, 3.63) is 54.2 Å². The number of aromatic nitrogens is 2. The Balaban J connectivity index is 1.53. The molecule has 21 heavy (non-hydrogen) atoms. The van der Waals surface area contributed by atoms with Gasteiger partial charge in [0.05, 0.1) is 11.5 Å². The van der Waals surface area contributed by atoms with Gasteiger partial charge in [-0.05, 0) is 30.0 Å². The lowest BCUT2D eigenvalue weighted by molar-refractivity contribution is 0.302. The van der Waals surface area contributed by atoms with Gasteiger partial charge in [-0.15, -0.1) is 11.3 Å². The van der Waals surface area contributed by atoms with Crippen molar-refractivity contribution in [3.8, 4) is 16.5 Å². The normalized spacial score (nSPS) is 10.7. The number of nitrogens with two attached hydrogens (primary N) is 1. The van der Waals surface area contributed by atoms with Crippen molar-refractivity contribution in [1.29, 1.82) is 0 Å². The maximum atomic E-state index is 5.72. The average molecular weight is 299 g/mol. The highest BCUT2D eigenvalue weighted by molar-refractivity contribution is 7.13. The molecule has 0 radical (unpaired) electrons. The molecule has 0 fully saturated rings. The Hall–Kier alpha value is -2.27. The number of imidazole rings is 1. The molecular formula is C16H17N3OS. The molecule has 0 saturated heterocycles. The lowest BCUT2D eigenvalue weighted by Gasteiger charge is -2.09. The van der Waals surface area contributed by atoms with Crippen LogP contribution in [0.2, 0.25) is 0 Å². The number of hydrogen-bond acceptors (Lipinski definition) is 4. The van der Waals surface area contributed by atoms with E-state index < -0.39 is 0 Å². The number of rotatable bonds is 6. The zero-order valence-corrected chi connectivity index (χ0v) is 12.4. The summed E-state index contributed by atoms with van der Waals surface area (Å²) in [6.45, 7) is 1.54. The molecule has 0 aliphatic heterocycles. The summed E-state index contributed by atoms with van der Waals surface area (Å²) < 4.78 is 7.87. The zero-order chi connectivity index (χ0) is 14.5. The van der Waals surface area contributed by atoms with Gasteiger partial charge >= 0.3 is 0 Å². The van der Waals surface area contributed by atoms with Crippen molar-refractivity contribution in [3.63, 3.8) is 0 Å². The minimum atomic E-state index is 0.658. The molecular weight excluding hydrogens is 282 g/mol. The Kier molecular flexibility index (Phi) is 4.21. The van der Waals surface area contributed by atoms with Crippen LogP contribution in [-0.4, -0.2) is 16.2 Å². The molecule has 4 nitrogen and oxygen atoms in total. The highest BCUT2D eigenvalue weighted by Gasteiger charge is 2.06. The van der Waals surface area contributed by atoms with E-state index in [-0.39, 0.29) is 0 Å². The minimum Gasteiger partial charge on any atom is -0.493 e. The molecule has 3 aromatic rings. The van der Waals surface area contributed by atoms with Gasteiger partial charge in [-0.1, -0.05) is 12.1 Å². The molecule has 108 valence electrons. The fourth-order valence-electron chi connectivity index (χ4n) is 2.15. The van der Waals surface area contributed by atoms with Gasteiger partial charge in [0, 0.05) is 30.7 Å². The summed E-state index contributed by atoms with van der Waals surface area (Å²) in [5, 5.41) is 2.07. The van der Waals surface area contributed by atoms with Crippen LogP contribution in [0.25, 0.3) is 10.7 Å². The van der Waals surface area contributed by atoms with Crippen molar-refractivity contribution in [2.24, 2.45) is 0 Å². The summed E-state index contributed by atoms with van der Waals surface area (Å²) >= 11 is 1.70. The number of hydrogen-bond donors (Lipinski definition) is 1. The quantitative estimate of drug-likeness (QED) is 0.558. The van der Waals surface area contributed by atoms with Crippen molar-refractivity contribution in [2.45, 2.75) is 13.0 Å². The Morgan fingerprint density at radius 1 is 1.24 bits per heavy atom. The summed E-state index contributed by atoms with van der Waals surface area (Å²) in [5.74, 6) is 1.84.